The lowest BCUT2D eigenvalue weighted by Gasteiger charge is -1.84. The highest BCUT2D eigenvalue weighted by atomic mass is 16.2. The summed E-state index contributed by atoms with van der Waals surface area (Å²) < 4.78 is 0. The van der Waals surface area contributed by atoms with Crippen LogP contribution in [0.5, 0.6) is 0 Å². The van der Waals surface area contributed by atoms with Crippen LogP contribution >= 0.6 is 0 Å². The lowest BCUT2D eigenvalue weighted by Crippen LogP contribution is -1.68. The van der Waals surface area contributed by atoms with E-state index in [1.807, 2.05) is 0 Å². The Morgan fingerprint density at radius 2 is 1.80 bits per heavy atom. The van der Waals surface area contributed by atoms with Crippen molar-refractivity contribution in [2.75, 3.05) is 6.61 Å². The molecular weight excluding hydrogens is 126 g/mol. The number of aliphatic hydroxyl groups is 1. The van der Waals surface area contributed by atoms with E-state index < -0.39 is 0 Å². The summed E-state index contributed by atoms with van der Waals surface area (Å²) in [7, 11) is 0. The SMILES string of the molecule is CCCCCC#N.CCO. The van der Waals surface area contributed by atoms with Gasteiger partial charge in [0.15, 0.2) is 0 Å². The van der Waals surface area contributed by atoms with E-state index in [0.29, 0.717) is 0 Å². The summed E-state index contributed by atoms with van der Waals surface area (Å²) in [5.74, 6) is 0. The molecule has 10 heavy (non-hydrogen) atoms. The number of aliphatic hydroxyl groups excluding tert-OH is 1. The molecule has 0 rings (SSSR count). The van der Waals surface area contributed by atoms with Gasteiger partial charge in [0.2, 0.25) is 0 Å². The molecule has 0 heterocycles. The minimum Gasteiger partial charge on any atom is -0.397 e. The summed E-state index contributed by atoms with van der Waals surface area (Å²) in [5.41, 5.74) is 0. The fourth-order valence-corrected chi connectivity index (χ4v) is 0.454. The molecule has 0 saturated heterocycles. The third-order valence-corrected chi connectivity index (χ3v) is 0.892. The first-order chi connectivity index (χ1) is 4.83. The molecule has 0 radical (unpaired) electrons. The molecule has 0 aromatic carbocycles. The normalized spacial score (nSPS) is 7.40. The predicted octanol–water partition coefficient (Wildman–Crippen LogP) is 2.09. The van der Waals surface area contributed by atoms with Gasteiger partial charge < -0.3 is 5.11 Å². The molecule has 0 aliphatic carbocycles. The van der Waals surface area contributed by atoms with Crippen LogP contribution in [0.3, 0.4) is 0 Å². The Bertz CT molecular complexity index is 75.8. The molecule has 0 aromatic heterocycles. The van der Waals surface area contributed by atoms with Gasteiger partial charge in [0, 0.05) is 13.0 Å². The van der Waals surface area contributed by atoms with Gasteiger partial charge in [-0.2, -0.15) is 5.26 Å². The van der Waals surface area contributed by atoms with Gasteiger partial charge in [0.1, 0.15) is 0 Å². The predicted molar refractivity (Wildman–Crippen MR) is 42.5 cm³/mol. The minimum absolute atomic E-state index is 0.250. The standard InChI is InChI=1S/C6H11N.C2H6O/c1-2-3-4-5-6-7;1-2-3/h2-5H2,1H3;3H,2H2,1H3. The molecular formula is C8H17NO. The molecule has 0 saturated carbocycles. The maximum absolute atomic E-state index is 8.04. The maximum atomic E-state index is 8.04. The number of rotatable bonds is 3. The fourth-order valence-electron chi connectivity index (χ4n) is 0.454. The number of hydrogen-bond donors (Lipinski definition) is 1. The van der Waals surface area contributed by atoms with E-state index in [4.69, 9.17) is 10.4 Å². The Balaban J connectivity index is 0. The lowest BCUT2D eigenvalue weighted by molar-refractivity contribution is 0.318. The third-order valence-electron chi connectivity index (χ3n) is 0.892. The molecule has 0 aliphatic heterocycles. The van der Waals surface area contributed by atoms with Crippen molar-refractivity contribution in [2.24, 2.45) is 0 Å². The molecule has 0 aromatic rings. The largest absolute Gasteiger partial charge is 0.397 e. The Kier molecular flexibility index (Phi) is 19.2. The molecule has 0 bridgehead atoms. The summed E-state index contributed by atoms with van der Waals surface area (Å²) >= 11 is 0. The molecule has 60 valence electrons. The molecule has 0 unspecified atom stereocenters. The highest BCUT2D eigenvalue weighted by Gasteiger charge is 1.79. The lowest BCUT2D eigenvalue weighted by atomic mass is 10.2. The van der Waals surface area contributed by atoms with Gasteiger partial charge in [-0.15, -0.1) is 0 Å². The number of nitrogens with zero attached hydrogens (tertiary/aromatic N) is 1. The quantitative estimate of drug-likeness (QED) is 0.615. The number of nitriles is 1. The molecule has 0 aliphatic rings. The van der Waals surface area contributed by atoms with Crippen molar-refractivity contribution in [2.45, 2.75) is 39.5 Å². The van der Waals surface area contributed by atoms with Gasteiger partial charge >= 0.3 is 0 Å². The number of hydrogen-bond acceptors (Lipinski definition) is 2. The van der Waals surface area contributed by atoms with Crippen molar-refractivity contribution >= 4 is 0 Å². The van der Waals surface area contributed by atoms with E-state index >= 15 is 0 Å². The Morgan fingerprint density at radius 3 is 2.10 bits per heavy atom. The van der Waals surface area contributed by atoms with E-state index in [1.165, 1.54) is 12.8 Å². The average Bonchev–Trinajstić information content (AvgIpc) is 1.91. The van der Waals surface area contributed by atoms with E-state index in [2.05, 4.69) is 13.0 Å². The second kappa shape index (κ2) is 15.8. The van der Waals surface area contributed by atoms with E-state index in [1.54, 1.807) is 6.92 Å². The van der Waals surface area contributed by atoms with Crippen LogP contribution in [0.2, 0.25) is 0 Å². The van der Waals surface area contributed by atoms with Crippen molar-refractivity contribution in [1.82, 2.24) is 0 Å². The van der Waals surface area contributed by atoms with E-state index in [0.717, 1.165) is 12.8 Å². The zero-order chi connectivity index (χ0) is 8.24. The van der Waals surface area contributed by atoms with Crippen molar-refractivity contribution in [3.05, 3.63) is 0 Å². The Hall–Kier alpha value is -0.550. The van der Waals surface area contributed by atoms with E-state index in [9.17, 15) is 0 Å². The molecule has 0 atom stereocenters. The first-order valence-corrected chi connectivity index (χ1v) is 3.81. The highest BCUT2D eigenvalue weighted by molar-refractivity contribution is 4.67. The van der Waals surface area contributed by atoms with Crippen molar-refractivity contribution in [3.8, 4) is 6.07 Å². The average molecular weight is 143 g/mol. The smallest absolute Gasteiger partial charge is 0.0621 e. The number of unbranched alkanes of at least 4 members (excludes halogenated alkanes) is 3. The first-order valence-electron chi connectivity index (χ1n) is 3.81. The fraction of sp³-hybridized carbons (Fsp3) is 0.875. The van der Waals surface area contributed by atoms with Gasteiger partial charge in [0.05, 0.1) is 6.07 Å². The molecule has 1 N–H and O–H groups in total. The minimum atomic E-state index is 0.250. The van der Waals surface area contributed by atoms with Crippen LogP contribution in [0.4, 0.5) is 0 Å². The van der Waals surface area contributed by atoms with Crippen LogP contribution in [0.25, 0.3) is 0 Å². The van der Waals surface area contributed by atoms with Gasteiger partial charge in [0.25, 0.3) is 0 Å². The molecule has 0 amide bonds. The van der Waals surface area contributed by atoms with Crippen LogP contribution in [0.15, 0.2) is 0 Å². The summed E-state index contributed by atoms with van der Waals surface area (Å²) in [4.78, 5) is 0. The van der Waals surface area contributed by atoms with Crippen molar-refractivity contribution in [1.29, 1.82) is 5.26 Å². The van der Waals surface area contributed by atoms with Crippen LogP contribution < -0.4 is 0 Å². The molecule has 0 fully saturated rings. The zero-order valence-corrected chi connectivity index (χ0v) is 6.93. The van der Waals surface area contributed by atoms with Crippen LogP contribution in [-0.2, 0) is 0 Å². The van der Waals surface area contributed by atoms with E-state index in [-0.39, 0.29) is 6.61 Å². The molecule has 2 heteroatoms. The zero-order valence-electron chi connectivity index (χ0n) is 6.93. The van der Waals surface area contributed by atoms with Crippen molar-refractivity contribution in [3.63, 3.8) is 0 Å². The Morgan fingerprint density at radius 1 is 1.30 bits per heavy atom. The summed E-state index contributed by atoms with van der Waals surface area (Å²) in [6, 6.07) is 2.10. The monoisotopic (exact) mass is 143 g/mol. The summed E-state index contributed by atoms with van der Waals surface area (Å²) in [6.07, 6.45) is 4.22. The Labute approximate surface area is 63.5 Å². The van der Waals surface area contributed by atoms with Gasteiger partial charge in [-0.25, -0.2) is 0 Å². The maximum Gasteiger partial charge on any atom is 0.0621 e. The van der Waals surface area contributed by atoms with Crippen LogP contribution in [0.1, 0.15) is 39.5 Å². The summed E-state index contributed by atoms with van der Waals surface area (Å²) in [6.45, 7) is 4.07. The van der Waals surface area contributed by atoms with Gasteiger partial charge in [-0.1, -0.05) is 19.8 Å². The first kappa shape index (κ1) is 12.2. The molecule has 0 spiro atoms. The van der Waals surface area contributed by atoms with Crippen molar-refractivity contribution < 1.29 is 5.11 Å². The molecule has 2 nitrogen and oxygen atoms in total. The topological polar surface area (TPSA) is 44.0 Å². The summed E-state index contributed by atoms with van der Waals surface area (Å²) in [5, 5.41) is 15.6. The highest BCUT2D eigenvalue weighted by Crippen LogP contribution is 1.95. The van der Waals surface area contributed by atoms with Gasteiger partial charge in [-0.05, 0) is 13.3 Å². The van der Waals surface area contributed by atoms with Crippen LogP contribution in [-0.4, -0.2) is 11.7 Å². The van der Waals surface area contributed by atoms with Gasteiger partial charge in [-0.3, -0.25) is 0 Å². The second-order valence-corrected chi connectivity index (χ2v) is 1.93. The second-order valence-electron chi connectivity index (χ2n) is 1.93. The van der Waals surface area contributed by atoms with Crippen LogP contribution in [0, 0.1) is 11.3 Å². The third kappa shape index (κ3) is 26.0.